The van der Waals surface area contributed by atoms with E-state index in [1.54, 1.807) is 0 Å². The molecule has 0 bridgehead atoms. The molecule has 1 atom stereocenters. The summed E-state index contributed by atoms with van der Waals surface area (Å²) in [6.45, 7) is 2.26. The first kappa shape index (κ1) is 16.6. The van der Waals surface area contributed by atoms with Crippen LogP contribution in [0.1, 0.15) is 19.8 Å². The van der Waals surface area contributed by atoms with Gasteiger partial charge in [-0.15, -0.1) is 0 Å². The van der Waals surface area contributed by atoms with Crippen LogP contribution in [0.25, 0.3) is 0 Å². The minimum atomic E-state index is -0.678. The first-order chi connectivity index (χ1) is 8.65. The summed E-state index contributed by atoms with van der Waals surface area (Å²) in [5.74, 6) is 0.0542. The van der Waals surface area contributed by atoms with Gasteiger partial charge in [0.05, 0.1) is 12.7 Å². The number of amides is 2. The van der Waals surface area contributed by atoms with Gasteiger partial charge in [0.15, 0.2) is 0 Å². The molecule has 0 fully saturated rings. The molecule has 0 aliphatic rings. The topological polar surface area (TPSA) is 91.2 Å². The van der Waals surface area contributed by atoms with E-state index in [0.717, 1.165) is 12.8 Å². The van der Waals surface area contributed by atoms with Gasteiger partial charge in [-0.2, -0.15) is 17.0 Å². The first-order valence-electron chi connectivity index (χ1n) is 5.72. The van der Waals surface area contributed by atoms with Gasteiger partial charge in [-0.1, -0.05) is 13.3 Å². The van der Waals surface area contributed by atoms with Crippen molar-refractivity contribution in [3.63, 3.8) is 0 Å². The van der Waals surface area contributed by atoms with Gasteiger partial charge < -0.3 is 15.4 Å². The lowest BCUT2D eigenvalue weighted by Crippen LogP contribution is -2.48. The van der Waals surface area contributed by atoms with Crippen molar-refractivity contribution >= 4 is 23.8 Å². The molecule has 2 amide bonds. The molecule has 0 saturated carbocycles. The summed E-state index contributed by atoms with van der Waals surface area (Å²) in [4.78, 5) is 23.0. The number of ether oxygens (including phenoxy) is 1. The van der Waals surface area contributed by atoms with Crippen molar-refractivity contribution in [1.82, 2.24) is 10.6 Å². The van der Waals surface area contributed by atoms with Crippen molar-refractivity contribution in [2.24, 2.45) is 0 Å². The highest BCUT2D eigenvalue weighted by atomic mass is 32.2. The molecule has 7 heteroatoms. The summed E-state index contributed by atoms with van der Waals surface area (Å²) < 4.78 is 4.91. The summed E-state index contributed by atoms with van der Waals surface area (Å²) in [6, 6.07) is 1.13. The zero-order valence-electron chi connectivity index (χ0n) is 10.7. The predicted molar refractivity (Wildman–Crippen MR) is 70.2 cm³/mol. The number of nitrogens with one attached hydrogen (secondary N) is 2. The maximum absolute atomic E-state index is 11.6. The third kappa shape index (κ3) is 7.79. The maximum Gasteiger partial charge on any atom is 0.407 e. The van der Waals surface area contributed by atoms with Crippen molar-refractivity contribution < 1.29 is 14.3 Å². The molecule has 0 aliphatic heterocycles. The Labute approximate surface area is 111 Å². The summed E-state index contributed by atoms with van der Waals surface area (Å²) in [6.07, 6.45) is 2.95. The number of rotatable bonds is 8. The van der Waals surface area contributed by atoms with Gasteiger partial charge in [0, 0.05) is 5.75 Å². The molecule has 0 aromatic carbocycles. The summed E-state index contributed by atoms with van der Waals surface area (Å²) in [5, 5.41) is 13.3. The molecule has 0 heterocycles. The molecule has 2 N–H and O–H groups in total. The number of hydrogen-bond donors (Lipinski definition) is 2. The summed E-state index contributed by atoms with van der Waals surface area (Å²) in [7, 11) is 0. The highest BCUT2D eigenvalue weighted by Crippen LogP contribution is 1.99. The Balaban J connectivity index is 4.13. The van der Waals surface area contributed by atoms with Crippen LogP contribution < -0.4 is 10.6 Å². The van der Waals surface area contributed by atoms with E-state index < -0.39 is 12.1 Å². The van der Waals surface area contributed by atoms with Crippen LogP contribution >= 0.6 is 11.8 Å². The molecule has 18 heavy (non-hydrogen) atoms. The van der Waals surface area contributed by atoms with Gasteiger partial charge in [0.2, 0.25) is 5.91 Å². The SMILES string of the molecule is CCCCOC(=O)NC(CSC)C(=O)NCC#N. The van der Waals surface area contributed by atoms with Crippen LogP contribution in [0.2, 0.25) is 0 Å². The minimum absolute atomic E-state index is 0.0731. The molecule has 0 rings (SSSR count). The second-order valence-electron chi connectivity index (χ2n) is 3.52. The van der Waals surface area contributed by atoms with Gasteiger partial charge >= 0.3 is 6.09 Å². The number of carbonyl (C=O) groups is 2. The number of thioether (sulfide) groups is 1. The smallest absolute Gasteiger partial charge is 0.407 e. The van der Waals surface area contributed by atoms with Crippen molar-refractivity contribution in [3.8, 4) is 6.07 Å². The van der Waals surface area contributed by atoms with E-state index in [4.69, 9.17) is 10.00 Å². The van der Waals surface area contributed by atoms with Crippen molar-refractivity contribution in [1.29, 1.82) is 5.26 Å². The van der Waals surface area contributed by atoms with Crippen LogP contribution in [0, 0.1) is 11.3 Å². The number of alkyl carbamates (subject to hydrolysis) is 1. The van der Waals surface area contributed by atoms with Crippen LogP contribution in [0.5, 0.6) is 0 Å². The zero-order chi connectivity index (χ0) is 13.8. The zero-order valence-corrected chi connectivity index (χ0v) is 11.5. The van der Waals surface area contributed by atoms with Gasteiger partial charge in [0.25, 0.3) is 0 Å². The lowest BCUT2D eigenvalue weighted by atomic mass is 10.3. The fourth-order valence-corrected chi connectivity index (χ4v) is 1.66. The van der Waals surface area contributed by atoms with Gasteiger partial charge in [0.1, 0.15) is 12.6 Å². The molecular formula is C11H19N3O3S. The fourth-order valence-electron chi connectivity index (χ4n) is 1.09. The fraction of sp³-hybridized carbons (Fsp3) is 0.727. The lowest BCUT2D eigenvalue weighted by molar-refractivity contribution is -0.122. The highest BCUT2D eigenvalue weighted by molar-refractivity contribution is 7.98. The molecule has 0 saturated heterocycles. The monoisotopic (exact) mass is 273 g/mol. The molecule has 0 radical (unpaired) electrons. The van der Waals surface area contributed by atoms with Gasteiger partial charge in [-0.3, -0.25) is 4.79 Å². The minimum Gasteiger partial charge on any atom is -0.450 e. The second-order valence-corrected chi connectivity index (χ2v) is 4.43. The average Bonchev–Trinajstić information content (AvgIpc) is 2.35. The lowest BCUT2D eigenvalue weighted by Gasteiger charge is -2.16. The summed E-state index contributed by atoms with van der Waals surface area (Å²) >= 11 is 1.43. The Morgan fingerprint density at radius 1 is 1.50 bits per heavy atom. The van der Waals surface area contributed by atoms with E-state index >= 15 is 0 Å². The maximum atomic E-state index is 11.6. The van der Waals surface area contributed by atoms with E-state index in [2.05, 4.69) is 10.6 Å². The first-order valence-corrected chi connectivity index (χ1v) is 7.12. The average molecular weight is 273 g/mol. The largest absolute Gasteiger partial charge is 0.450 e. The van der Waals surface area contributed by atoms with Crippen LogP contribution in [0.3, 0.4) is 0 Å². The standard InChI is InChI=1S/C11H19N3O3S/c1-3-4-7-17-11(16)14-9(8-18-2)10(15)13-6-5-12/h9H,3-4,6-8H2,1-2H3,(H,13,15)(H,14,16). The molecule has 0 aliphatic carbocycles. The normalized spacial score (nSPS) is 11.2. The van der Waals surface area contributed by atoms with E-state index in [9.17, 15) is 9.59 Å². The predicted octanol–water partition coefficient (Wildman–Crippen LogP) is 0.884. The summed E-state index contributed by atoms with van der Waals surface area (Å²) in [5.41, 5.74) is 0. The molecule has 0 aromatic rings. The number of nitrogens with zero attached hydrogens (tertiary/aromatic N) is 1. The Hall–Kier alpha value is -1.42. The second kappa shape index (κ2) is 10.7. The van der Waals surface area contributed by atoms with Crippen molar-refractivity contribution in [2.75, 3.05) is 25.2 Å². The Morgan fingerprint density at radius 2 is 2.22 bits per heavy atom. The molecule has 6 nitrogen and oxygen atoms in total. The van der Waals surface area contributed by atoms with E-state index in [1.807, 2.05) is 19.2 Å². The van der Waals surface area contributed by atoms with Crippen LogP contribution in [0.4, 0.5) is 4.79 Å². The molecular weight excluding hydrogens is 254 g/mol. The number of unbranched alkanes of at least 4 members (excludes halogenated alkanes) is 1. The molecule has 0 spiro atoms. The van der Waals surface area contributed by atoms with Crippen LogP contribution in [-0.2, 0) is 9.53 Å². The van der Waals surface area contributed by atoms with E-state index in [1.165, 1.54) is 11.8 Å². The Kier molecular flexibility index (Phi) is 9.87. The molecule has 1 unspecified atom stereocenters. The molecule has 102 valence electrons. The van der Waals surface area contributed by atoms with Crippen LogP contribution in [-0.4, -0.2) is 43.2 Å². The number of nitriles is 1. The van der Waals surface area contributed by atoms with Crippen molar-refractivity contribution in [3.05, 3.63) is 0 Å². The quantitative estimate of drug-likeness (QED) is 0.506. The number of carbonyl (C=O) groups excluding carboxylic acids is 2. The van der Waals surface area contributed by atoms with Gasteiger partial charge in [-0.25, -0.2) is 4.79 Å². The van der Waals surface area contributed by atoms with Crippen molar-refractivity contribution in [2.45, 2.75) is 25.8 Å². The third-order valence-electron chi connectivity index (χ3n) is 2.01. The molecule has 0 aromatic heterocycles. The van der Waals surface area contributed by atoms with E-state index in [0.29, 0.717) is 12.4 Å². The third-order valence-corrected chi connectivity index (χ3v) is 2.68. The Bertz CT molecular complexity index is 304. The van der Waals surface area contributed by atoms with Crippen LogP contribution in [0.15, 0.2) is 0 Å². The Morgan fingerprint density at radius 3 is 2.78 bits per heavy atom. The van der Waals surface area contributed by atoms with E-state index in [-0.39, 0.29) is 12.5 Å². The van der Waals surface area contributed by atoms with Gasteiger partial charge in [-0.05, 0) is 12.7 Å². The highest BCUT2D eigenvalue weighted by Gasteiger charge is 2.20. The number of hydrogen-bond acceptors (Lipinski definition) is 5.